The van der Waals surface area contributed by atoms with Gasteiger partial charge in [0, 0.05) is 17.8 Å². The fourth-order valence-corrected chi connectivity index (χ4v) is 3.12. The van der Waals surface area contributed by atoms with E-state index in [4.69, 9.17) is 0 Å². The predicted molar refractivity (Wildman–Crippen MR) is 85.0 cm³/mol. The number of amides is 1. The number of thiazole rings is 1. The van der Waals surface area contributed by atoms with E-state index < -0.39 is 0 Å². The van der Waals surface area contributed by atoms with Crippen LogP contribution in [0.15, 0.2) is 35.3 Å². The fraction of sp³-hybridized carbons (Fsp3) is 0.267. The van der Waals surface area contributed by atoms with Gasteiger partial charge >= 0.3 is 0 Å². The van der Waals surface area contributed by atoms with Crippen LogP contribution in [0.1, 0.15) is 16.1 Å². The summed E-state index contributed by atoms with van der Waals surface area (Å²) in [6.45, 7) is 3.34. The molecule has 0 radical (unpaired) electrons. The van der Waals surface area contributed by atoms with Crippen molar-refractivity contribution in [3.63, 3.8) is 0 Å². The zero-order valence-electron chi connectivity index (χ0n) is 11.7. The van der Waals surface area contributed by atoms with E-state index in [0.717, 1.165) is 23.5 Å². The van der Waals surface area contributed by atoms with Crippen molar-refractivity contribution in [1.29, 1.82) is 0 Å². The van der Waals surface area contributed by atoms with Crippen LogP contribution in [0.25, 0.3) is 0 Å². The molecule has 0 bridgehead atoms. The van der Waals surface area contributed by atoms with Gasteiger partial charge in [-0.15, -0.1) is 11.3 Å². The van der Waals surface area contributed by atoms with Crippen LogP contribution in [0.3, 0.4) is 0 Å². The van der Waals surface area contributed by atoms with Crippen molar-refractivity contribution >= 4 is 28.2 Å². The SMILES string of the molecule is Cc1nc(NC(=O)C2=NCCN2)sc1Cc1ccccc1. The van der Waals surface area contributed by atoms with Crippen molar-refractivity contribution in [3.8, 4) is 0 Å². The third-order valence-corrected chi connectivity index (χ3v) is 4.28. The van der Waals surface area contributed by atoms with Gasteiger partial charge in [-0.3, -0.25) is 15.1 Å². The molecule has 21 heavy (non-hydrogen) atoms. The maximum atomic E-state index is 12.0. The van der Waals surface area contributed by atoms with Gasteiger partial charge in [0.05, 0.1) is 12.2 Å². The van der Waals surface area contributed by atoms with Gasteiger partial charge in [-0.2, -0.15) is 0 Å². The highest BCUT2D eigenvalue weighted by atomic mass is 32.1. The first kappa shape index (κ1) is 13.8. The quantitative estimate of drug-likeness (QED) is 0.907. The summed E-state index contributed by atoms with van der Waals surface area (Å²) in [6.07, 6.45) is 0.833. The Morgan fingerprint density at radius 2 is 2.19 bits per heavy atom. The fourth-order valence-electron chi connectivity index (χ4n) is 2.13. The maximum Gasteiger partial charge on any atom is 0.292 e. The molecule has 3 rings (SSSR count). The van der Waals surface area contributed by atoms with Gasteiger partial charge in [0.2, 0.25) is 0 Å². The summed E-state index contributed by atoms with van der Waals surface area (Å²) in [5.74, 6) is 0.181. The number of amidine groups is 1. The Morgan fingerprint density at radius 3 is 2.90 bits per heavy atom. The molecule has 0 aliphatic carbocycles. The minimum absolute atomic E-state index is 0.215. The number of aryl methyl sites for hydroxylation is 1. The Balaban J connectivity index is 1.71. The summed E-state index contributed by atoms with van der Waals surface area (Å²) in [6, 6.07) is 10.2. The lowest BCUT2D eigenvalue weighted by atomic mass is 10.1. The Labute approximate surface area is 127 Å². The van der Waals surface area contributed by atoms with E-state index in [1.807, 2.05) is 25.1 Å². The Hall–Kier alpha value is -2.21. The second-order valence-corrected chi connectivity index (χ2v) is 5.88. The molecule has 0 fully saturated rings. The molecule has 108 valence electrons. The molecule has 2 aromatic rings. The van der Waals surface area contributed by atoms with Crippen LogP contribution in [0.2, 0.25) is 0 Å². The molecule has 1 amide bonds. The Bertz CT molecular complexity index is 678. The number of aliphatic imine (C=N–C) groups is 1. The smallest absolute Gasteiger partial charge is 0.292 e. The first-order chi connectivity index (χ1) is 10.2. The van der Waals surface area contributed by atoms with Crippen molar-refractivity contribution in [2.45, 2.75) is 13.3 Å². The molecule has 1 aliphatic heterocycles. The molecule has 1 aromatic heterocycles. The zero-order chi connectivity index (χ0) is 14.7. The first-order valence-corrected chi connectivity index (χ1v) is 7.64. The lowest BCUT2D eigenvalue weighted by molar-refractivity contribution is -0.110. The number of anilines is 1. The lowest BCUT2D eigenvalue weighted by Crippen LogP contribution is -2.32. The summed E-state index contributed by atoms with van der Waals surface area (Å²) in [4.78, 5) is 21.6. The molecular weight excluding hydrogens is 284 g/mol. The number of benzene rings is 1. The molecule has 2 heterocycles. The van der Waals surface area contributed by atoms with Crippen molar-refractivity contribution in [3.05, 3.63) is 46.5 Å². The number of nitrogens with zero attached hydrogens (tertiary/aromatic N) is 2. The van der Waals surface area contributed by atoms with Crippen molar-refractivity contribution in [2.24, 2.45) is 4.99 Å². The Morgan fingerprint density at radius 1 is 1.38 bits per heavy atom. The predicted octanol–water partition coefficient (Wildman–Crippen LogP) is 1.98. The van der Waals surface area contributed by atoms with Crippen LogP contribution >= 0.6 is 11.3 Å². The van der Waals surface area contributed by atoms with Gasteiger partial charge in [0.1, 0.15) is 0 Å². The van der Waals surface area contributed by atoms with E-state index in [-0.39, 0.29) is 5.91 Å². The standard InChI is InChI=1S/C15H16N4OS/c1-10-12(9-11-5-3-2-4-6-11)21-15(18-10)19-14(20)13-16-7-8-17-13/h2-6H,7-9H2,1H3,(H,16,17)(H,18,19,20). The largest absolute Gasteiger partial charge is 0.364 e. The molecule has 2 N–H and O–H groups in total. The maximum absolute atomic E-state index is 12.0. The molecule has 0 spiro atoms. The summed E-state index contributed by atoms with van der Waals surface area (Å²) in [5, 5.41) is 6.38. The molecule has 0 unspecified atom stereocenters. The van der Waals surface area contributed by atoms with E-state index in [2.05, 4.69) is 32.7 Å². The highest BCUT2D eigenvalue weighted by Gasteiger charge is 2.17. The van der Waals surface area contributed by atoms with Gasteiger partial charge in [-0.05, 0) is 12.5 Å². The van der Waals surface area contributed by atoms with E-state index in [0.29, 0.717) is 17.5 Å². The molecule has 6 heteroatoms. The summed E-state index contributed by atoms with van der Waals surface area (Å²) < 4.78 is 0. The van der Waals surface area contributed by atoms with E-state index in [9.17, 15) is 4.79 Å². The highest BCUT2D eigenvalue weighted by molar-refractivity contribution is 7.16. The van der Waals surface area contributed by atoms with Crippen LogP contribution in [0, 0.1) is 6.92 Å². The number of aromatic nitrogens is 1. The second-order valence-electron chi connectivity index (χ2n) is 4.80. The molecule has 1 aliphatic rings. The first-order valence-electron chi connectivity index (χ1n) is 6.82. The third kappa shape index (κ3) is 3.28. The van der Waals surface area contributed by atoms with Crippen molar-refractivity contribution < 1.29 is 4.79 Å². The number of rotatable bonds is 4. The second kappa shape index (κ2) is 6.05. The minimum atomic E-state index is -0.215. The average Bonchev–Trinajstić information content (AvgIpc) is 3.11. The number of carbonyl (C=O) groups is 1. The molecule has 0 atom stereocenters. The number of hydrogen-bond donors (Lipinski definition) is 2. The molecule has 0 saturated carbocycles. The molecule has 5 nitrogen and oxygen atoms in total. The van der Waals surface area contributed by atoms with Crippen LogP contribution in [-0.2, 0) is 11.2 Å². The summed E-state index contributed by atoms with van der Waals surface area (Å²) in [5.41, 5.74) is 2.20. The zero-order valence-corrected chi connectivity index (χ0v) is 12.5. The average molecular weight is 300 g/mol. The van der Waals surface area contributed by atoms with Gasteiger partial charge in [-0.1, -0.05) is 30.3 Å². The van der Waals surface area contributed by atoms with Gasteiger partial charge in [-0.25, -0.2) is 4.98 Å². The van der Waals surface area contributed by atoms with Crippen LogP contribution in [0.5, 0.6) is 0 Å². The third-order valence-electron chi connectivity index (χ3n) is 3.21. The van der Waals surface area contributed by atoms with Crippen LogP contribution in [-0.4, -0.2) is 29.8 Å². The normalized spacial score (nSPS) is 13.7. The monoisotopic (exact) mass is 300 g/mol. The van der Waals surface area contributed by atoms with Gasteiger partial charge in [0.15, 0.2) is 11.0 Å². The van der Waals surface area contributed by atoms with Gasteiger partial charge < -0.3 is 5.32 Å². The summed E-state index contributed by atoms with van der Waals surface area (Å²) >= 11 is 1.52. The molecular formula is C15H16N4OS. The van der Waals surface area contributed by atoms with Crippen molar-refractivity contribution in [1.82, 2.24) is 10.3 Å². The molecule has 1 aromatic carbocycles. The molecule has 0 saturated heterocycles. The Kier molecular flexibility index (Phi) is 3.96. The topological polar surface area (TPSA) is 66.4 Å². The van der Waals surface area contributed by atoms with E-state index in [1.54, 1.807) is 0 Å². The number of nitrogens with one attached hydrogen (secondary N) is 2. The van der Waals surface area contributed by atoms with Crippen LogP contribution in [0.4, 0.5) is 5.13 Å². The minimum Gasteiger partial charge on any atom is -0.364 e. The van der Waals surface area contributed by atoms with Crippen molar-refractivity contribution in [2.75, 3.05) is 18.4 Å². The van der Waals surface area contributed by atoms with Crippen LogP contribution < -0.4 is 10.6 Å². The lowest BCUT2D eigenvalue weighted by Gasteiger charge is -2.01. The summed E-state index contributed by atoms with van der Waals surface area (Å²) in [7, 11) is 0. The number of hydrogen-bond acceptors (Lipinski definition) is 5. The van der Waals surface area contributed by atoms with Gasteiger partial charge in [0.25, 0.3) is 5.91 Å². The number of carbonyl (C=O) groups excluding carboxylic acids is 1. The van der Waals surface area contributed by atoms with E-state index >= 15 is 0 Å². The highest BCUT2D eigenvalue weighted by Crippen LogP contribution is 2.25. The van der Waals surface area contributed by atoms with E-state index in [1.165, 1.54) is 16.9 Å².